The topological polar surface area (TPSA) is 59.5 Å². The van der Waals surface area contributed by atoms with Crippen LogP contribution in [0.2, 0.25) is 0 Å². The minimum atomic E-state index is -0.635. The van der Waals surface area contributed by atoms with Gasteiger partial charge in [-0.3, -0.25) is 4.79 Å². The molecule has 0 N–H and O–H groups in total. The van der Waals surface area contributed by atoms with E-state index in [1.807, 2.05) is 24.4 Å². The molecule has 0 unspecified atom stereocenters. The van der Waals surface area contributed by atoms with Crippen LogP contribution < -0.4 is 0 Å². The highest BCUT2D eigenvalue weighted by Crippen LogP contribution is 2.27. The number of amides is 1. The highest BCUT2D eigenvalue weighted by Gasteiger charge is 2.18. The predicted molar refractivity (Wildman–Crippen MR) is 103 cm³/mol. The van der Waals surface area contributed by atoms with Crippen LogP contribution in [0.3, 0.4) is 0 Å². The lowest BCUT2D eigenvalue weighted by molar-refractivity contribution is -0.134. The summed E-state index contributed by atoms with van der Waals surface area (Å²) in [6, 6.07) is 9.90. The van der Waals surface area contributed by atoms with Gasteiger partial charge in [-0.25, -0.2) is 14.2 Å². The van der Waals surface area contributed by atoms with E-state index in [9.17, 15) is 14.0 Å². The van der Waals surface area contributed by atoms with Crippen molar-refractivity contribution < 1.29 is 18.7 Å². The summed E-state index contributed by atoms with van der Waals surface area (Å²) in [5, 5.41) is 4.29. The van der Waals surface area contributed by atoms with Crippen LogP contribution in [0, 0.1) is 5.82 Å². The van der Waals surface area contributed by atoms with Crippen LogP contribution in [-0.4, -0.2) is 34.9 Å². The molecule has 27 heavy (non-hydrogen) atoms. The molecule has 5 nitrogen and oxygen atoms in total. The Bertz CT molecular complexity index is 925. The van der Waals surface area contributed by atoms with Crippen LogP contribution in [0.4, 0.5) is 4.39 Å². The van der Waals surface area contributed by atoms with Gasteiger partial charge in [-0.1, -0.05) is 18.2 Å². The smallest absolute Gasteiger partial charge is 0.358 e. The summed E-state index contributed by atoms with van der Waals surface area (Å²) in [7, 11) is 0. The number of ether oxygens (including phenoxy) is 1. The van der Waals surface area contributed by atoms with Gasteiger partial charge in [-0.2, -0.15) is 0 Å². The monoisotopic (exact) mass is 404 g/mol. The number of esters is 1. The number of halogens is 1. The highest BCUT2D eigenvalue weighted by atomic mass is 32.1. The van der Waals surface area contributed by atoms with Crippen molar-refractivity contribution in [2.24, 2.45) is 0 Å². The van der Waals surface area contributed by atoms with Gasteiger partial charge in [-0.05, 0) is 36.1 Å². The molecule has 3 rings (SSSR count). The standard InChI is InChI=1S/C19H17FN2O3S2/c1-2-22(10-13-5-3-6-14(20)9-13)17(23)11-25-19(24)15-12-27-18(21-15)16-7-4-8-26-16/h3-9,12H,2,10-11H2,1H3. The number of hydrogen-bond acceptors (Lipinski definition) is 6. The second-order valence-electron chi connectivity index (χ2n) is 5.63. The first-order valence-corrected chi connectivity index (χ1v) is 10.0. The molecule has 0 radical (unpaired) electrons. The Morgan fingerprint density at radius 1 is 1.22 bits per heavy atom. The Kier molecular flexibility index (Phi) is 6.31. The van der Waals surface area contributed by atoms with Crippen LogP contribution in [0.15, 0.2) is 47.2 Å². The van der Waals surface area contributed by atoms with Crippen LogP contribution in [0.25, 0.3) is 9.88 Å². The van der Waals surface area contributed by atoms with E-state index in [4.69, 9.17) is 4.74 Å². The van der Waals surface area contributed by atoms with Gasteiger partial charge >= 0.3 is 5.97 Å². The third-order valence-corrected chi connectivity index (χ3v) is 5.65. The van der Waals surface area contributed by atoms with Crippen molar-refractivity contribution in [1.82, 2.24) is 9.88 Å². The number of carbonyl (C=O) groups is 2. The van der Waals surface area contributed by atoms with Gasteiger partial charge in [0.15, 0.2) is 12.3 Å². The summed E-state index contributed by atoms with van der Waals surface area (Å²) in [4.78, 5) is 31.2. The van der Waals surface area contributed by atoms with Gasteiger partial charge in [0.25, 0.3) is 5.91 Å². The molecule has 0 aliphatic heterocycles. The van der Waals surface area contributed by atoms with E-state index in [0.29, 0.717) is 12.1 Å². The van der Waals surface area contributed by atoms with Crippen molar-refractivity contribution in [3.63, 3.8) is 0 Å². The van der Waals surface area contributed by atoms with Gasteiger partial charge < -0.3 is 9.64 Å². The maximum Gasteiger partial charge on any atom is 0.358 e. The fourth-order valence-corrected chi connectivity index (χ4v) is 4.01. The summed E-state index contributed by atoms with van der Waals surface area (Å²) in [6.45, 7) is 2.11. The fraction of sp³-hybridized carbons (Fsp3) is 0.211. The van der Waals surface area contributed by atoms with Crippen molar-refractivity contribution in [2.75, 3.05) is 13.2 Å². The van der Waals surface area contributed by atoms with Crippen LogP contribution >= 0.6 is 22.7 Å². The van der Waals surface area contributed by atoms with E-state index >= 15 is 0 Å². The molecule has 0 aliphatic carbocycles. The molecule has 0 fully saturated rings. The second kappa shape index (κ2) is 8.88. The number of likely N-dealkylation sites (N-methyl/N-ethyl adjacent to an activating group) is 1. The van der Waals surface area contributed by atoms with Crippen molar-refractivity contribution >= 4 is 34.6 Å². The van der Waals surface area contributed by atoms with E-state index in [1.54, 1.807) is 17.5 Å². The molecule has 1 amide bonds. The predicted octanol–water partition coefficient (Wildman–Crippen LogP) is 4.22. The number of rotatable bonds is 7. The number of aromatic nitrogens is 1. The molecule has 2 aromatic heterocycles. The summed E-state index contributed by atoms with van der Waals surface area (Å²) in [6.07, 6.45) is 0. The normalized spacial score (nSPS) is 10.6. The zero-order valence-electron chi connectivity index (χ0n) is 14.6. The molecule has 1 aromatic carbocycles. The summed E-state index contributed by atoms with van der Waals surface area (Å²) >= 11 is 2.89. The molecule has 0 spiro atoms. The molecular formula is C19H17FN2O3S2. The minimum Gasteiger partial charge on any atom is -0.451 e. The SMILES string of the molecule is CCN(Cc1cccc(F)c1)C(=O)COC(=O)c1csc(-c2cccs2)n1. The lowest BCUT2D eigenvalue weighted by Gasteiger charge is -2.20. The summed E-state index contributed by atoms with van der Waals surface area (Å²) in [5.74, 6) is -1.33. The fourth-order valence-electron chi connectivity index (χ4n) is 2.41. The van der Waals surface area contributed by atoms with Gasteiger partial charge in [-0.15, -0.1) is 22.7 Å². The van der Waals surface area contributed by atoms with Crippen LogP contribution in [0.1, 0.15) is 23.0 Å². The average Bonchev–Trinajstić information content (AvgIpc) is 3.35. The zero-order chi connectivity index (χ0) is 19.2. The first-order valence-electron chi connectivity index (χ1n) is 8.25. The van der Waals surface area contributed by atoms with Crippen LogP contribution in [-0.2, 0) is 16.1 Å². The Labute approximate surface area is 164 Å². The Hall–Kier alpha value is -2.58. The third-order valence-electron chi connectivity index (χ3n) is 3.77. The Morgan fingerprint density at radius 3 is 2.78 bits per heavy atom. The number of benzene rings is 1. The van der Waals surface area contributed by atoms with Crippen molar-refractivity contribution in [2.45, 2.75) is 13.5 Å². The molecule has 0 bridgehead atoms. The van der Waals surface area contributed by atoms with E-state index < -0.39 is 5.97 Å². The molecule has 2 heterocycles. The molecule has 8 heteroatoms. The first kappa shape index (κ1) is 19.2. The van der Waals surface area contributed by atoms with Gasteiger partial charge in [0.2, 0.25) is 0 Å². The lowest BCUT2D eigenvalue weighted by atomic mass is 10.2. The molecular weight excluding hydrogens is 387 g/mol. The van der Waals surface area contributed by atoms with Crippen LogP contribution in [0.5, 0.6) is 0 Å². The number of thiophene rings is 1. The van der Waals surface area contributed by atoms with E-state index in [2.05, 4.69) is 4.98 Å². The van der Waals surface area contributed by atoms with E-state index in [1.165, 1.54) is 39.7 Å². The van der Waals surface area contributed by atoms with Gasteiger partial charge in [0.1, 0.15) is 10.8 Å². The maximum atomic E-state index is 13.3. The zero-order valence-corrected chi connectivity index (χ0v) is 16.2. The number of hydrogen-bond donors (Lipinski definition) is 0. The molecule has 0 saturated carbocycles. The van der Waals surface area contributed by atoms with Gasteiger partial charge in [0.05, 0.1) is 4.88 Å². The Balaban J connectivity index is 1.56. The molecule has 0 saturated heterocycles. The number of nitrogens with zero attached hydrogens (tertiary/aromatic N) is 2. The minimum absolute atomic E-state index is 0.185. The summed E-state index contributed by atoms with van der Waals surface area (Å²) in [5.41, 5.74) is 0.862. The molecule has 140 valence electrons. The molecule has 3 aromatic rings. The largest absolute Gasteiger partial charge is 0.451 e. The highest BCUT2D eigenvalue weighted by molar-refractivity contribution is 7.20. The maximum absolute atomic E-state index is 13.3. The summed E-state index contributed by atoms with van der Waals surface area (Å²) < 4.78 is 18.4. The quantitative estimate of drug-likeness (QED) is 0.554. The second-order valence-corrected chi connectivity index (χ2v) is 7.43. The van der Waals surface area contributed by atoms with Crippen molar-refractivity contribution in [3.05, 3.63) is 64.2 Å². The Morgan fingerprint density at radius 2 is 2.07 bits per heavy atom. The number of carbonyl (C=O) groups excluding carboxylic acids is 2. The molecule has 0 atom stereocenters. The average molecular weight is 404 g/mol. The third kappa shape index (κ3) is 4.99. The van der Waals surface area contributed by atoms with E-state index in [0.717, 1.165) is 9.88 Å². The first-order chi connectivity index (χ1) is 13.1. The van der Waals surface area contributed by atoms with Crippen molar-refractivity contribution in [3.8, 4) is 9.88 Å². The van der Waals surface area contributed by atoms with Crippen molar-refractivity contribution in [1.29, 1.82) is 0 Å². The van der Waals surface area contributed by atoms with Gasteiger partial charge in [0, 0.05) is 18.5 Å². The van der Waals surface area contributed by atoms with E-state index in [-0.39, 0.29) is 30.6 Å². The lowest BCUT2D eigenvalue weighted by Crippen LogP contribution is -2.34. The number of thiazole rings is 1. The molecule has 0 aliphatic rings.